The van der Waals surface area contributed by atoms with Gasteiger partial charge in [0.2, 0.25) is 0 Å². The Bertz CT molecular complexity index is 1300. The van der Waals surface area contributed by atoms with Crippen molar-refractivity contribution < 1.29 is 4.74 Å². The maximum atomic E-state index is 12.7. The predicted molar refractivity (Wildman–Crippen MR) is 127 cm³/mol. The van der Waals surface area contributed by atoms with E-state index in [1.165, 1.54) is 0 Å². The summed E-state index contributed by atoms with van der Waals surface area (Å²) < 4.78 is 5.44. The van der Waals surface area contributed by atoms with Gasteiger partial charge in [-0.05, 0) is 41.3 Å². The molecule has 0 aliphatic carbocycles. The van der Waals surface area contributed by atoms with Crippen LogP contribution in [0.5, 0.6) is 5.75 Å². The number of pyridine rings is 1. The van der Waals surface area contributed by atoms with Crippen molar-refractivity contribution in [3.63, 3.8) is 0 Å². The number of H-pyrrole nitrogens is 1. The molecule has 0 fully saturated rings. The summed E-state index contributed by atoms with van der Waals surface area (Å²) in [5.74, 6) is 1.39. The smallest absolute Gasteiger partial charge is 0.255 e. The highest BCUT2D eigenvalue weighted by molar-refractivity contribution is 7.13. The van der Waals surface area contributed by atoms with Gasteiger partial charge in [-0.3, -0.25) is 14.7 Å². The monoisotopic (exact) mass is 464 g/mol. The van der Waals surface area contributed by atoms with Gasteiger partial charge in [0, 0.05) is 42.8 Å². The minimum absolute atomic E-state index is 0.0513. The molecule has 0 radical (unpaired) electrons. The maximum absolute atomic E-state index is 12.7. The van der Waals surface area contributed by atoms with Gasteiger partial charge in [0.05, 0.1) is 28.9 Å². The molecular weight excluding hydrogens is 444 g/mol. The zero-order chi connectivity index (χ0) is 22.1. The second kappa shape index (κ2) is 8.86. The van der Waals surface area contributed by atoms with Gasteiger partial charge in [0.1, 0.15) is 5.75 Å². The fourth-order valence-electron chi connectivity index (χ4n) is 3.96. The van der Waals surface area contributed by atoms with Gasteiger partial charge in [0.15, 0.2) is 5.82 Å². The van der Waals surface area contributed by atoms with Gasteiger partial charge >= 0.3 is 0 Å². The summed E-state index contributed by atoms with van der Waals surface area (Å²) in [6, 6.07) is 13.5. The molecule has 4 heterocycles. The number of nitrogens with one attached hydrogen (secondary N) is 1. The van der Waals surface area contributed by atoms with Crippen LogP contribution in [0.15, 0.2) is 58.8 Å². The lowest BCUT2D eigenvalue weighted by atomic mass is 10.1. The molecular formula is C24H21ClN4O2S. The Morgan fingerprint density at radius 2 is 2.16 bits per heavy atom. The van der Waals surface area contributed by atoms with Crippen LogP contribution in [0.4, 0.5) is 0 Å². The first kappa shape index (κ1) is 20.9. The molecule has 1 aliphatic rings. The zero-order valence-corrected chi connectivity index (χ0v) is 19.0. The van der Waals surface area contributed by atoms with Crippen molar-refractivity contribution in [3.8, 4) is 27.7 Å². The van der Waals surface area contributed by atoms with Gasteiger partial charge in [-0.25, -0.2) is 4.98 Å². The molecule has 0 spiro atoms. The summed E-state index contributed by atoms with van der Waals surface area (Å²) in [6.45, 7) is 2.13. The highest BCUT2D eigenvalue weighted by Gasteiger charge is 2.22. The lowest BCUT2D eigenvalue weighted by Crippen LogP contribution is -2.35. The maximum Gasteiger partial charge on any atom is 0.255 e. The topological polar surface area (TPSA) is 71.1 Å². The van der Waals surface area contributed by atoms with Crippen LogP contribution in [0.1, 0.15) is 16.8 Å². The normalized spacial score (nSPS) is 13.7. The molecule has 8 heteroatoms. The third-order valence-corrected chi connectivity index (χ3v) is 6.68. The number of halogens is 1. The van der Waals surface area contributed by atoms with Crippen LogP contribution in [-0.4, -0.2) is 33.5 Å². The Balaban J connectivity index is 1.32. The molecule has 0 saturated heterocycles. The van der Waals surface area contributed by atoms with Crippen molar-refractivity contribution >= 4 is 22.9 Å². The predicted octanol–water partition coefficient (Wildman–Crippen LogP) is 4.78. The lowest BCUT2D eigenvalue weighted by Gasteiger charge is -2.27. The van der Waals surface area contributed by atoms with Crippen LogP contribution >= 0.6 is 22.9 Å². The Labute approximate surface area is 194 Å². The number of hydrogen-bond acceptors (Lipinski definition) is 6. The summed E-state index contributed by atoms with van der Waals surface area (Å²) in [4.78, 5) is 28.2. The van der Waals surface area contributed by atoms with Crippen LogP contribution in [0.3, 0.4) is 0 Å². The van der Waals surface area contributed by atoms with Crippen molar-refractivity contribution in [2.75, 3.05) is 13.7 Å². The summed E-state index contributed by atoms with van der Waals surface area (Å²) in [5, 5.41) is 2.62. The fourth-order valence-corrected chi connectivity index (χ4v) is 4.80. The fraction of sp³-hybridized carbons (Fsp3) is 0.208. The molecule has 0 saturated carbocycles. The van der Waals surface area contributed by atoms with Gasteiger partial charge in [0.25, 0.3) is 5.56 Å². The largest absolute Gasteiger partial charge is 0.496 e. The first-order valence-corrected chi connectivity index (χ1v) is 11.5. The first-order chi connectivity index (χ1) is 15.6. The van der Waals surface area contributed by atoms with Gasteiger partial charge in [-0.1, -0.05) is 23.7 Å². The Morgan fingerprint density at radius 1 is 1.25 bits per heavy atom. The van der Waals surface area contributed by atoms with Crippen LogP contribution in [0.2, 0.25) is 5.02 Å². The minimum Gasteiger partial charge on any atom is -0.496 e. The zero-order valence-electron chi connectivity index (χ0n) is 17.5. The van der Waals surface area contributed by atoms with Crippen LogP contribution in [0, 0.1) is 0 Å². The standard InChI is InChI=1S/C24H21ClN4O2S/c1-31-21-7-5-16(25)11-17(21)19-6-4-15(12-26-19)13-29-9-8-20-18(14-29)24(30)28-23(27-20)22-3-2-10-32-22/h2-7,10-12H,8-9,13-14H2,1H3,(H,27,28,30). The summed E-state index contributed by atoms with van der Waals surface area (Å²) in [7, 11) is 1.63. The van der Waals surface area contributed by atoms with E-state index in [0.29, 0.717) is 23.9 Å². The third kappa shape index (κ3) is 4.19. The number of aromatic nitrogens is 3. The van der Waals surface area contributed by atoms with Crippen molar-refractivity contribution in [2.24, 2.45) is 0 Å². The van der Waals surface area contributed by atoms with Crippen molar-refractivity contribution in [2.45, 2.75) is 19.5 Å². The molecule has 1 N–H and O–H groups in total. The van der Waals surface area contributed by atoms with Crippen molar-refractivity contribution in [3.05, 3.63) is 86.2 Å². The quantitative estimate of drug-likeness (QED) is 0.460. The van der Waals surface area contributed by atoms with E-state index in [9.17, 15) is 4.79 Å². The number of benzene rings is 1. The molecule has 1 aliphatic heterocycles. The van der Waals surface area contributed by atoms with Crippen molar-refractivity contribution in [1.82, 2.24) is 19.9 Å². The van der Waals surface area contributed by atoms with Gasteiger partial charge in [-0.15, -0.1) is 11.3 Å². The minimum atomic E-state index is -0.0513. The average Bonchev–Trinajstić information content (AvgIpc) is 3.35. The molecule has 32 heavy (non-hydrogen) atoms. The number of hydrogen-bond donors (Lipinski definition) is 1. The Morgan fingerprint density at radius 3 is 2.91 bits per heavy atom. The van der Waals surface area contributed by atoms with Crippen LogP contribution in [0.25, 0.3) is 22.0 Å². The number of aromatic amines is 1. The Kier molecular flexibility index (Phi) is 5.78. The van der Waals surface area contributed by atoms with E-state index in [4.69, 9.17) is 21.3 Å². The Hall–Kier alpha value is -3.00. The number of ether oxygens (including phenoxy) is 1. The van der Waals surface area contributed by atoms with Crippen molar-refractivity contribution in [1.29, 1.82) is 0 Å². The summed E-state index contributed by atoms with van der Waals surface area (Å²) >= 11 is 7.73. The molecule has 5 rings (SSSR count). The van der Waals surface area contributed by atoms with E-state index < -0.39 is 0 Å². The van der Waals surface area contributed by atoms with E-state index in [1.54, 1.807) is 24.5 Å². The number of thiophene rings is 1. The number of fused-ring (bicyclic) bond motifs is 1. The van der Waals surface area contributed by atoms with E-state index in [-0.39, 0.29) is 5.56 Å². The summed E-state index contributed by atoms with van der Waals surface area (Å²) in [6.07, 6.45) is 2.62. The first-order valence-electron chi connectivity index (χ1n) is 10.3. The third-order valence-electron chi connectivity index (χ3n) is 5.57. The molecule has 162 valence electrons. The van der Waals surface area contributed by atoms with E-state index in [2.05, 4.69) is 20.9 Å². The van der Waals surface area contributed by atoms with Gasteiger partial charge in [-0.2, -0.15) is 0 Å². The second-order valence-electron chi connectivity index (χ2n) is 7.67. The average molecular weight is 465 g/mol. The molecule has 0 unspecified atom stereocenters. The van der Waals surface area contributed by atoms with E-state index in [0.717, 1.165) is 51.7 Å². The molecule has 0 amide bonds. The number of methoxy groups -OCH3 is 1. The second-order valence-corrected chi connectivity index (χ2v) is 9.06. The number of rotatable bonds is 5. The highest BCUT2D eigenvalue weighted by atomic mass is 35.5. The van der Waals surface area contributed by atoms with E-state index in [1.807, 2.05) is 41.9 Å². The molecule has 0 bridgehead atoms. The van der Waals surface area contributed by atoms with Crippen LogP contribution in [-0.2, 0) is 19.5 Å². The van der Waals surface area contributed by atoms with E-state index >= 15 is 0 Å². The molecule has 6 nitrogen and oxygen atoms in total. The SMILES string of the molecule is COc1ccc(Cl)cc1-c1ccc(CN2CCc3nc(-c4cccs4)[nH]c(=O)c3C2)cn1. The van der Waals surface area contributed by atoms with Crippen LogP contribution < -0.4 is 10.3 Å². The molecule has 1 aromatic carbocycles. The highest BCUT2D eigenvalue weighted by Crippen LogP contribution is 2.31. The summed E-state index contributed by atoms with van der Waals surface area (Å²) in [5.41, 5.74) is 4.35. The van der Waals surface area contributed by atoms with Gasteiger partial charge < -0.3 is 9.72 Å². The molecule has 0 atom stereocenters. The number of nitrogens with zero attached hydrogens (tertiary/aromatic N) is 3. The molecule has 4 aromatic rings. The molecule has 3 aromatic heterocycles. The lowest BCUT2D eigenvalue weighted by molar-refractivity contribution is 0.241.